The number of nitrogens with zero attached hydrogens (tertiary/aromatic N) is 1. The van der Waals surface area contributed by atoms with E-state index in [1.165, 1.54) is 19.2 Å². The summed E-state index contributed by atoms with van der Waals surface area (Å²) in [6.07, 6.45) is 1.97. The number of amides is 1. The van der Waals surface area contributed by atoms with Gasteiger partial charge in [-0.2, -0.15) is 0 Å². The smallest absolute Gasteiger partial charge is 0.331 e. The van der Waals surface area contributed by atoms with Crippen molar-refractivity contribution in [2.24, 2.45) is 0 Å². The maximum Gasteiger partial charge on any atom is 0.331 e. The van der Waals surface area contributed by atoms with Crippen molar-refractivity contribution >= 4 is 46.9 Å². The van der Waals surface area contributed by atoms with Crippen LogP contribution in [0.15, 0.2) is 24.4 Å². The predicted octanol–water partition coefficient (Wildman–Crippen LogP) is 2.38. The Morgan fingerprint density at radius 2 is 1.96 bits per heavy atom. The summed E-state index contributed by atoms with van der Waals surface area (Å²) in [7, 11) is 0. The second kappa shape index (κ2) is 9.12. The van der Waals surface area contributed by atoms with Gasteiger partial charge in [-0.05, 0) is 19.9 Å². The number of hydrogen-bond donors (Lipinski definition) is 1. The average molecular weight is 361 g/mol. The molecule has 7 nitrogen and oxygen atoms in total. The van der Waals surface area contributed by atoms with Crippen LogP contribution in [0.5, 0.6) is 0 Å². The van der Waals surface area contributed by atoms with Crippen LogP contribution in [0.2, 0.25) is 10.0 Å². The van der Waals surface area contributed by atoms with Gasteiger partial charge in [0.15, 0.2) is 11.9 Å². The fourth-order valence-corrected chi connectivity index (χ4v) is 1.75. The lowest BCUT2D eigenvalue weighted by Crippen LogP contribution is -2.30. The highest BCUT2D eigenvalue weighted by Crippen LogP contribution is 2.22. The molecule has 9 heteroatoms. The van der Waals surface area contributed by atoms with Crippen molar-refractivity contribution in [1.82, 2.24) is 4.98 Å². The first-order valence-corrected chi connectivity index (χ1v) is 7.26. The molecule has 0 bridgehead atoms. The summed E-state index contributed by atoms with van der Waals surface area (Å²) in [5.74, 6) is -2.10. The minimum Gasteiger partial charge on any atom is -0.463 e. The largest absolute Gasteiger partial charge is 0.463 e. The lowest BCUT2D eigenvalue weighted by molar-refractivity contribution is -0.148. The van der Waals surface area contributed by atoms with Crippen LogP contribution in [0, 0.1) is 0 Å². The number of halogens is 2. The Kier molecular flexibility index (Phi) is 7.50. The van der Waals surface area contributed by atoms with Gasteiger partial charge in [0.1, 0.15) is 0 Å². The highest BCUT2D eigenvalue weighted by molar-refractivity contribution is 6.36. The van der Waals surface area contributed by atoms with Gasteiger partial charge < -0.3 is 14.8 Å². The lowest BCUT2D eigenvalue weighted by Gasteiger charge is -2.12. The Balaban J connectivity index is 2.56. The second-order valence-corrected chi connectivity index (χ2v) is 4.98. The molecule has 1 aromatic rings. The summed E-state index contributed by atoms with van der Waals surface area (Å²) >= 11 is 11.6. The Labute approximate surface area is 142 Å². The number of carbonyl (C=O) groups excluding carboxylic acids is 3. The number of esters is 2. The summed E-state index contributed by atoms with van der Waals surface area (Å²) in [5.41, 5.74) is 0. The number of anilines is 1. The van der Waals surface area contributed by atoms with Crippen molar-refractivity contribution in [1.29, 1.82) is 0 Å². The number of ether oxygens (including phenoxy) is 2. The number of hydrogen-bond acceptors (Lipinski definition) is 6. The molecule has 1 rings (SSSR count). The molecule has 1 aromatic heterocycles. The molecule has 23 heavy (non-hydrogen) atoms. The van der Waals surface area contributed by atoms with Crippen LogP contribution in [0.1, 0.15) is 13.8 Å². The summed E-state index contributed by atoms with van der Waals surface area (Å²) in [4.78, 5) is 38.3. The van der Waals surface area contributed by atoms with Crippen LogP contribution in [0.3, 0.4) is 0 Å². The minimum absolute atomic E-state index is 0.0889. The Morgan fingerprint density at radius 3 is 2.57 bits per heavy atom. The second-order valence-electron chi connectivity index (χ2n) is 4.14. The fourth-order valence-electron chi connectivity index (χ4n) is 1.32. The van der Waals surface area contributed by atoms with Gasteiger partial charge >= 0.3 is 11.9 Å². The summed E-state index contributed by atoms with van der Waals surface area (Å²) < 4.78 is 9.43. The van der Waals surface area contributed by atoms with Gasteiger partial charge in [-0.3, -0.25) is 4.79 Å². The Morgan fingerprint density at radius 1 is 1.30 bits per heavy atom. The van der Waals surface area contributed by atoms with E-state index in [1.807, 2.05) is 0 Å². The van der Waals surface area contributed by atoms with Crippen molar-refractivity contribution < 1.29 is 23.9 Å². The van der Waals surface area contributed by atoms with Gasteiger partial charge in [-0.1, -0.05) is 23.2 Å². The van der Waals surface area contributed by atoms with Gasteiger partial charge in [0.05, 0.1) is 16.7 Å². The highest BCUT2D eigenvalue weighted by Gasteiger charge is 2.18. The first-order chi connectivity index (χ1) is 10.8. The summed E-state index contributed by atoms with van der Waals surface area (Å²) in [6.45, 7) is 3.17. The summed E-state index contributed by atoms with van der Waals surface area (Å²) in [6, 6.07) is 1.41. The van der Waals surface area contributed by atoms with E-state index in [-0.39, 0.29) is 17.4 Å². The molecule has 0 saturated heterocycles. The van der Waals surface area contributed by atoms with Crippen molar-refractivity contribution in [3.63, 3.8) is 0 Å². The zero-order chi connectivity index (χ0) is 17.4. The van der Waals surface area contributed by atoms with Crippen molar-refractivity contribution in [3.8, 4) is 0 Å². The quantitative estimate of drug-likeness (QED) is 0.618. The predicted molar refractivity (Wildman–Crippen MR) is 84.2 cm³/mol. The molecule has 1 N–H and O–H groups in total. The molecule has 124 valence electrons. The van der Waals surface area contributed by atoms with Gasteiger partial charge in [0, 0.05) is 18.3 Å². The minimum atomic E-state index is -1.12. The maximum absolute atomic E-state index is 11.9. The van der Waals surface area contributed by atoms with Crippen LogP contribution in [-0.2, 0) is 23.9 Å². The van der Waals surface area contributed by atoms with Crippen LogP contribution in [0.25, 0.3) is 0 Å². The molecule has 0 aliphatic carbocycles. The first kappa shape index (κ1) is 18.9. The Hall–Kier alpha value is -2.12. The van der Waals surface area contributed by atoms with E-state index in [2.05, 4.69) is 15.0 Å². The number of aromatic nitrogens is 1. The molecule has 0 saturated carbocycles. The van der Waals surface area contributed by atoms with Gasteiger partial charge in [-0.25, -0.2) is 14.6 Å². The van der Waals surface area contributed by atoms with Gasteiger partial charge in [-0.15, -0.1) is 0 Å². The Bertz CT molecular complexity index is 634. The van der Waals surface area contributed by atoms with Crippen molar-refractivity contribution in [3.05, 3.63) is 34.5 Å². The van der Waals surface area contributed by atoms with E-state index < -0.39 is 23.9 Å². The molecule has 0 aliphatic rings. The van der Waals surface area contributed by atoms with Crippen molar-refractivity contribution in [2.75, 3.05) is 11.9 Å². The van der Waals surface area contributed by atoms with Gasteiger partial charge in [0.2, 0.25) is 0 Å². The monoisotopic (exact) mass is 360 g/mol. The average Bonchev–Trinajstić information content (AvgIpc) is 2.48. The number of nitrogens with one attached hydrogen (secondary N) is 1. The molecule has 0 aromatic carbocycles. The van der Waals surface area contributed by atoms with E-state index in [0.717, 1.165) is 12.2 Å². The molecule has 0 aliphatic heterocycles. The standard InChI is InChI=1S/C14H14Cl2N2O5/c1-3-22-11(19)4-5-12(20)23-8(2)14(21)18-13-10(16)6-9(15)7-17-13/h4-8H,3H2,1-2H3,(H,17,18,21)/b5-4+/t8-/m0/s1. The first-order valence-electron chi connectivity index (χ1n) is 6.50. The van der Waals surface area contributed by atoms with Gasteiger partial charge in [0.25, 0.3) is 5.91 Å². The van der Waals surface area contributed by atoms with E-state index in [9.17, 15) is 14.4 Å². The number of rotatable bonds is 6. The molecule has 0 fully saturated rings. The molecule has 1 atom stereocenters. The van der Waals surface area contributed by atoms with Crippen LogP contribution >= 0.6 is 23.2 Å². The van der Waals surface area contributed by atoms with Crippen LogP contribution < -0.4 is 5.32 Å². The highest BCUT2D eigenvalue weighted by atomic mass is 35.5. The zero-order valence-electron chi connectivity index (χ0n) is 12.3. The topological polar surface area (TPSA) is 94.6 Å². The van der Waals surface area contributed by atoms with E-state index in [4.69, 9.17) is 27.9 Å². The van der Waals surface area contributed by atoms with Crippen molar-refractivity contribution in [2.45, 2.75) is 20.0 Å². The van der Waals surface area contributed by atoms with E-state index >= 15 is 0 Å². The van der Waals surface area contributed by atoms with Crippen LogP contribution in [-0.4, -0.2) is 35.5 Å². The third kappa shape index (κ3) is 6.66. The third-order valence-corrected chi connectivity index (χ3v) is 2.85. The normalized spacial score (nSPS) is 11.8. The lowest BCUT2D eigenvalue weighted by atomic mass is 10.3. The molecule has 0 spiro atoms. The molecular weight excluding hydrogens is 347 g/mol. The molecule has 1 heterocycles. The zero-order valence-corrected chi connectivity index (χ0v) is 13.9. The summed E-state index contributed by atoms with van der Waals surface area (Å²) in [5, 5.41) is 2.86. The molecular formula is C14H14Cl2N2O5. The molecule has 1 amide bonds. The SMILES string of the molecule is CCOC(=O)/C=C/C(=O)O[C@@H](C)C(=O)Nc1ncc(Cl)cc1Cl. The van der Waals surface area contributed by atoms with Crippen LogP contribution in [0.4, 0.5) is 5.82 Å². The fraction of sp³-hybridized carbons (Fsp3) is 0.286. The number of pyridine rings is 1. The molecule has 0 radical (unpaired) electrons. The molecule has 0 unspecified atom stereocenters. The maximum atomic E-state index is 11.9. The van der Waals surface area contributed by atoms with E-state index in [1.54, 1.807) is 6.92 Å². The third-order valence-electron chi connectivity index (χ3n) is 2.35. The number of carbonyl (C=O) groups is 3. The van der Waals surface area contributed by atoms with E-state index in [0.29, 0.717) is 5.02 Å².